The summed E-state index contributed by atoms with van der Waals surface area (Å²) < 4.78 is 10.5. The van der Waals surface area contributed by atoms with Crippen LogP contribution < -0.4 is 10.6 Å². The van der Waals surface area contributed by atoms with E-state index in [2.05, 4.69) is 27.9 Å². The molecule has 2 amide bonds. The summed E-state index contributed by atoms with van der Waals surface area (Å²) in [7, 11) is 0. The first kappa shape index (κ1) is 21.1. The van der Waals surface area contributed by atoms with E-state index in [0.717, 1.165) is 22.3 Å². The van der Waals surface area contributed by atoms with E-state index < -0.39 is 24.0 Å². The normalized spacial score (nSPS) is 13.0. The van der Waals surface area contributed by atoms with Crippen molar-refractivity contribution in [3.63, 3.8) is 0 Å². The van der Waals surface area contributed by atoms with Crippen LogP contribution in [0.2, 0.25) is 0 Å². The van der Waals surface area contributed by atoms with Gasteiger partial charge in [-0.2, -0.15) is 0 Å². The van der Waals surface area contributed by atoms with Crippen LogP contribution in [-0.4, -0.2) is 40.9 Å². The van der Waals surface area contributed by atoms with Gasteiger partial charge in [0.25, 0.3) is 5.91 Å². The number of carboxylic acid groups (broad SMARTS) is 1. The molecule has 0 fully saturated rings. The Bertz CT molecular complexity index is 1130. The van der Waals surface area contributed by atoms with E-state index in [-0.39, 0.29) is 30.5 Å². The van der Waals surface area contributed by atoms with Crippen LogP contribution in [0.3, 0.4) is 0 Å². The van der Waals surface area contributed by atoms with Gasteiger partial charge in [-0.1, -0.05) is 53.7 Å². The third kappa shape index (κ3) is 4.31. The van der Waals surface area contributed by atoms with Crippen molar-refractivity contribution in [1.29, 1.82) is 0 Å². The lowest BCUT2D eigenvalue weighted by atomic mass is 9.98. The van der Waals surface area contributed by atoms with Crippen molar-refractivity contribution in [3.8, 4) is 11.1 Å². The van der Waals surface area contributed by atoms with Crippen LogP contribution in [0, 0.1) is 0 Å². The Labute approximate surface area is 183 Å². The minimum atomic E-state index is -1.17. The number of carbonyl (C=O) groups is 3. The fourth-order valence-corrected chi connectivity index (χ4v) is 3.64. The number of nitrogens with one attached hydrogen (secondary N) is 2. The summed E-state index contributed by atoms with van der Waals surface area (Å²) in [5, 5.41) is 17.3. The number of aromatic nitrogens is 1. The maximum Gasteiger partial charge on any atom is 0.407 e. The number of hydrogen-bond acceptors (Lipinski definition) is 6. The quantitative estimate of drug-likeness (QED) is 0.520. The van der Waals surface area contributed by atoms with Gasteiger partial charge in [0.1, 0.15) is 12.6 Å². The fraction of sp³-hybridized carbons (Fsp3) is 0.217. The van der Waals surface area contributed by atoms with Gasteiger partial charge in [0, 0.05) is 12.0 Å². The minimum absolute atomic E-state index is 0.0363. The molecule has 4 rings (SSSR count). The van der Waals surface area contributed by atoms with Crippen molar-refractivity contribution >= 4 is 18.0 Å². The van der Waals surface area contributed by atoms with Crippen LogP contribution in [0.4, 0.5) is 4.79 Å². The van der Waals surface area contributed by atoms with Gasteiger partial charge in [-0.15, -0.1) is 0 Å². The molecule has 0 saturated heterocycles. The van der Waals surface area contributed by atoms with E-state index in [9.17, 15) is 14.4 Å². The fourth-order valence-electron chi connectivity index (χ4n) is 3.64. The smallest absolute Gasteiger partial charge is 0.407 e. The minimum Gasteiger partial charge on any atom is -0.480 e. The van der Waals surface area contributed by atoms with Gasteiger partial charge in [-0.25, -0.2) is 4.79 Å². The lowest BCUT2D eigenvalue weighted by Gasteiger charge is -2.14. The summed E-state index contributed by atoms with van der Waals surface area (Å²) in [6.45, 7) is 1.47. The number of ether oxygens (including phenoxy) is 1. The van der Waals surface area contributed by atoms with Gasteiger partial charge in [-0.05, 0) is 29.2 Å². The molecule has 0 spiro atoms. The third-order valence-corrected chi connectivity index (χ3v) is 5.26. The monoisotopic (exact) mass is 435 g/mol. The molecule has 3 N–H and O–H groups in total. The summed E-state index contributed by atoms with van der Waals surface area (Å²) >= 11 is 0. The number of fused-ring (bicyclic) bond motifs is 3. The van der Waals surface area contributed by atoms with Crippen molar-refractivity contribution in [1.82, 2.24) is 15.8 Å². The summed E-state index contributed by atoms with van der Waals surface area (Å²) in [4.78, 5) is 35.0. The zero-order chi connectivity index (χ0) is 22.7. The zero-order valence-corrected chi connectivity index (χ0v) is 17.2. The maximum atomic E-state index is 12.2. The Morgan fingerprint density at radius 3 is 2.34 bits per heavy atom. The van der Waals surface area contributed by atoms with Crippen molar-refractivity contribution in [2.45, 2.75) is 25.4 Å². The molecule has 1 aliphatic carbocycles. The summed E-state index contributed by atoms with van der Waals surface area (Å²) in [6.07, 6.45) is -0.631. The highest BCUT2D eigenvalue weighted by Crippen LogP contribution is 2.44. The number of benzene rings is 2. The second-order valence-electron chi connectivity index (χ2n) is 7.39. The molecule has 1 aromatic heterocycles. The average molecular weight is 435 g/mol. The Morgan fingerprint density at radius 1 is 1.09 bits per heavy atom. The van der Waals surface area contributed by atoms with E-state index in [0.29, 0.717) is 0 Å². The lowest BCUT2D eigenvalue weighted by Crippen LogP contribution is -2.38. The molecule has 0 radical (unpaired) electrons. The van der Waals surface area contributed by atoms with E-state index in [4.69, 9.17) is 14.4 Å². The number of nitrogens with zero attached hydrogens (tertiary/aromatic N) is 1. The topological polar surface area (TPSA) is 131 Å². The Morgan fingerprint density at radius 2 is 1.72 bits per heavy atom. The Hall–Kier alpha value is -4.14. The van der Waals surface area contributed by atoms with Crippen molar-refractivity contribution in [3.05, 3.63) is 77.2 Å². The van der Waals surface area contributed by atoms with E-state index in [1.54, 1.807) is 0 Å². The molecule has 0 unspecified atom stereocenters. The standard InChI is InChI=1S/C23H21N3O6/c1-13(22(28)29)25-21(27)20-10-14(32-26-20)11-24-23(30)31-12-19-17-8-4-2-6-15(17)16-7-3-5-9-18(16)19/h2-10,13,19H,11-12H2,1H3,(H,24,30)(H,25,27)(H,28,29)/t13-/m0/s1. The molecule has 1 atom stereocenters. The molecule has 3 aromatic rings. The van der Waals surface area contributed by atoms with Crippen molar-refractivity contribution in [2.75, 3.05) is 6.61 Å². The molecular formula is C23H21N3O6. The molecule has 0 saturated carbocycles. The first-order valence-electron chi connectivity index (χ1n) is 10.0. The lowest BCUT2D eigenvalue weighted by molar-refractivity contribution is -0.138. The number of carbonyl (C=O) groups excluding carboxylic acids is 2. The highest BCUT2D eigenvalue weighted by Gasteiger charge is 2.29. The van der Waals surface area contributed by atoms with Gasteiger partial charge >= 0.3 is 12.1 Å². The molecule has 1 heterocycles. The Kier molecular flexibility index (Phi) is 5.89. The maximum absolute atomic E-state index is 12.2. The summed E-state index contributed by atoms with van der Waals surface area (Å²) in [6, 6.07) is 16.3. The predicted octanol–water partition coefficient (Wildman–Crippen LogP) is 2.92. The second-order valence-corrected chi connectivity index (χ2v) is 7.39. The van der Waals surface area contributed by atoms with Crippen LogP contribution >= 0.6 is 0 Å². The predicted molar refractivity (Wildman–Crippen MR) is 113 cm³/mol. The molecule has 1 aliphatic rings. The second kappa shape index (κ2) is 8.93. The van der Waals surface area contributed by atoms with Gasteiger partial charge in [-0.3, -0.25) is 9.59 Å². The van der Waals surface area contributed by atoms with E-state index >= 15 is 0 Å². The first-order valence-corrected chi connectivity index (χ1v) is 10.0. The van der Waals surface area contributed by atoms with Crippen LogP contribution in [0.5, 0.6) is 0 Å². The SMILES string of the molecule is C[C@H](NC(=O)c1cc(CNC(=O)OCC2c3ccccc3-c3ccccc32)on1)C(=O)O. The highest BCUT2D eigenvalue weighted by molar-refractivity contribution is 5.94. The third-order valence-electron chi connectivity index (χ3n) is 5.26. The first-order chi connectivity index (χ1) is 15.4. The van der Waals surface area contributed by atoms with Crippen molar-refractivity contribution in [2.24, 2.45) is 0 Å². The molecule has 9 heteroatoms. The van der Waals surface area contributed by atoms with Gasteiger partial charge < -0.3 is 25.0 Å². The van der Waals surface area contributed by atoms with Gasteiger partial charge in [0.15, 0.2) is 11.5 Å². The number of amides is 2. The van der Waals surface area contributed by atoms with Gasteiger partial charge in [0.2, 0.25) is 0 Å². The summed E-state index contributed by atoms with van der Waals surface area (Å²) in [5.41, 5.74) is 4.43. The Balaban J connectivity index is 1.32. The molecule has 32 heavy (non-hydrogen) atoms. The average Bonchev–Trinajstić information content (AvgIpc) is 3.39. The number of aliphatic carboxylic acids is 1. The highest BCUT2D eigenvalue weighted by atomic mass is 16.5. The molecular weight excluding hydrogens is 414 g/mol. The number of hydrogen-bond donors (Lipinski definition) is 3. The number of carboxylic acids is 1. The van der Waals surface area contributed by atoms with Crippen molar-refractivity contribution < 1.29 is 28.8 Å². The summed E-state index contributed by atoms with van der Waals surface area (Å²) in [5.74, 6) is -1.67. The zero-order valence-electron chi connectivity index (χ0n) is 17.2. The largest absolute Gasteiger partial charge is 0.480 e. The van der Waals surface area contributed by atoms with Crippen LogP contribution in [0.1, 0.15) is 40.2 Å². The van der Waals surface area contributed by atoms with Crippen LogP contribution in [-0.2, 0) is 16.1 Å². The molecule has 9 nitrogen and oxygen atoms in total. The van der Waals surface area contributed by atoms with Crippen LogP contribution in [0.25, 0.3) is 11.1 Å². The molecule has 2 aromatic carbocycles. The van der Waals surface area contributed by atoms with Gasteiger partial charge in [0.05, 0.1) is 6.54 Å². The van der Waals surface area contributed by atoms with E-state index in [1.807, 2.05) is 36.4 Å². The molecule has 164 valence electrons. The number of rotatable bonds is 7. The number of alkyl carbamates (subject to hydrolysis) is 1. The molecule has 0 bridgehead atoms. The van der Waals surface area contributed by atoms with Crippen LogP contribution in [0.15, 0.2) is 59.1 Å². The van der Waals surface area contributed by atoms with E-state index in [1.165, 1.54) is 13.0 Å². The molecule has 0 aliphatic heterocycles.